The van der Waals surface area contributed by atoms with Crippen LogP contribution in [-0.4, -0.2) is 17.4 Å². The van der Waals surface area contributed by atoms with Crippen molar-refractivity contribution in [2.24, 2.45) is 0 Å². The molecule has 0 radical (unpaired) electrons. The molecule has 2 N–H and O–H groups in total. The summed E-state index contributed by atoms with van der Waals surface area (Å²) in [5.41, 5.74) is 2.01. The summed E-state index contributed by atoms with van der Waals surface area (Å²) in [5.74, 6) is 1.33. The van der Waals surface area contributed by atoms with E-state index in [-0.39, 0.29) is 5.91 Å². The van der Waals surface area contributed by atoms with Crippen molar-refractivity contribution in [2.45, 2.75) is 19.8 Å². The third-order valence-corrected chi connectivity index (χ3v) is 3.95. The summed E-state index contributed by atoms with van der Waals surface area (Å²) in [7, 11) is 0. The quantitative estimate of drug-likeness (QED) is 0.545. The molecule has 5 nitrogen and oxygen atoms in total. The van der Waals surface area contributed by atoms with Gasteiger partial charge in [-0.15, -0.1) is 0 Å². The van der Waals surface area contributed by atoms with Crippen molar-refractivity contribution in [3.05, 3.63) is 78.6 Å². The van der Waals surface area contributed by atoms with Crippen LogP contribution < -0.4 is 15.4 Å². The number of carbonyl (C=O) groups excluding carboxylic acids is 1. The molecule has 0 bridgehead atoms. The third kappa shape index (κ3) is 5.31. The van der Waals surface area contributed by atoms with Gasteiger partial charge in [0.05, 0.1) is 17.6 Å². The average molecular weight is 361 g/mol. The molecule has 138 valence electrons. The molecule has 5 heteroatoms. The van der Waals surface area contributed by atoms with E-state index in [0.29, 0.717) is 18.0 Å². The van der Waals surface area contributed by atoms with E-state index >= 15 is 0 Å². The van der Waals surface area contributed by atoms with E-state index in [1.165, 1.54) is 0 Å². The Hall–Kier alpha value is -3.34. The van der Waals surface area contributed by atoms with Gasteiger partial charge < -0.3 is 15.4 Å². The van der Waals surface area contributed by atoms with Crippen LogP contribution in [0.5, 0.6) is 11.5 Å². The van der Waals surface area contributed by atoms with Crippen molar-refractivity contribution in [1.29, 1.82) is 0 Å². The fraction of sp³-hybridized carbons (Fsp3) is 0.182. The molecule has 3 rings (SSSR count). The number of rotatable bonds is 8. The van der Waals surface area contributed by atoms with Crippen LogP contribution in [0.25, 0.3) is 0 Å². The monoisotopic (exact) mass is 361 g/mol. The molecule has 0 unspecified atom stereocenters. The number of hydrogen-bond donors (Lipinski definition) is 2. The van der Waals surface area contributed by atoms with E-state index in [9.17, 15) is 4.79 Å². The number of ether oxygens (including phenoxy) is 1. The summed E-state index contributed by atoms with van der Waals surface area (Å²) < 4.78 is 5.95. The number of unbranched alkanes of at least 4 members (excludes halogenated alkanes) is 1. The molecule has 1 aromatic heterocycles. The van der Waals surface area contributed by atoms with Crippen LogP contribution in [0.1, 0.15) is 30.3 Å². The first kappa shape index (κ1) is 18.5. The van der Waals surface area contributed by atoms with Crippen molar-refractivity contribution in [2.75, 3.05) is 11.9 Å². The topological polar surface area (TPSA) is 63.2 Å². The van der Waals surface area contributed by atoms with Crippen molar-refractivity contribution in [3.8, 4) is 11.5 Å². The van der Waals surface area contributed by atoms with Crippen LogP contribution in [-0.2, 0) is 0 Å². The highest BCUT2D eigenvalue weighted by molar-refractivity contribution is 5.92. The molecule has 0 spiro atoms. The number of hydrogen-bond acceptors (Lipinski definition) is 4. The second kappa shape index (κ2) is 9.38. The number of aromatic nitrogens is 1. The Balaban J connectivity index is 1.68. The van der Waals surface area contributed by atoms with Gasteiger partial charge in [-0.05, 0) is 42.8 Å². The Kier molecular flexibility index (Phi) is 6.41. The molecule has 0 aliphatic carbocycles. The molecule has 3 aromatic rings. The van der Waals surface area contributed by atoms with Crippen molar-refractivity contribution >= 4 is 17.3 Å². The molecule has 0 aliphatic heterocycles. The van der Waals surface area contributed by atoms with E-state index in [1.807, 2.05) is 60.7 Å². The van der Waals surface area contributed by atoms with Gasteiger partial charge in [0.2, 0.25) is 0 Å². The minimum absolute atomic E-state index is 0.150. The molecular weight excluding hydrogens is 338 g/mol. The zero-order valence-corrected chi connectivity index (χ0v) is 15.3. The van der Waals surface area contributed by atoms with Crippen LogP contribution in [0, 0.1) is 0 Å². The zero-order valence-electron chi connectivity index (χ0n) is 15.3. The van der Waals surface area contributed by atoms with Gasteiger partial charge in [-0.1, -0.05) is 43.7 Å². The maximum Gasteiger partial charge on any atom is 0.269 e. The van der Waals surface area contributed by atoms with Crippen LogP contribution in [0.4, 0.5) is 11.4 Å². The minimum Gasteiger partial charge on any atom is -0.455 e. The highest BCUT2D eigenvalue weighted by atomic mass is 16.5. The maximum atomic E-state index is 12.0. The van der Waals surface area contributed by atoms with Crippen molar-refractivity contribution < 1.29 is 9.53 Å². The number of amides is 1. The molecule has 0 atom stereocenters. The van der Waals surface area contributed by atoms with Gasteiger partial charge in [-0.25, -0.2) is 4.98 Å². The van der Waals surface area contributed by atoms with Gasteiger partial charge in [-0.2, -0.15) is 0 Å². The molecule has 1 amide bonds. The summed E-state index contributed by atoms with van der Waals surface area (Å²) in [4.78, 5) is 16.3. The Morgan fingerprint density at radius 2 is 1.78 bits per heavy atom. The van der Waals surface area contributed by atoms with E-state index in [1.54, 1.807) is 12.3 Å². The summed E-state index contributed by atoms with van der Waals surface area (Å²) >= 11 is 0. The Labute approximate surface area is 159 Å². The standard InChI is InChI=1S/C22H23N3O2/c1-2-3-15-23-22(26)20-14-13-17(16-24-20)25-19-11-7-8-12-21(19)27-18-9-5-4-6-10-18/h4-14,16,25H,2-3,15H2,1H3,(H,23,26). The minimum atomic E-state index is -0.150. The fourth-order valence-electron chi connectivity index (χ4n) is 2.50. The SMILES string of the molecule is CCCCNC(=O)c1ccc(Nc2ccccc2Oc2ccccc2)cn1. The third-order valence-electron chi connectivity index (χ3n) is 3.95. The van der Waals surface area contributed by atoms with Gasteiger partial charge >= 0.3 is 0 Å². The highest BCUT2D eigenvalue weighted by Crippen LogP contribution is 2.31. The molecule has 1 heterocycles. The largest absolute Gasteiger partial charge is 0.455 e. The first-order valence-electron chi connectivity index (χ1n) is 9.09. The molecule has 0 aliphatic rings. The number of carbonyl (C=O) groups is 1. The van der Waals surface area contributed by atoms with Gasteiger partial charge in [0.15, 0.2) is 5.75 Å². The predicted octanol–water partition coefficient (Wildman–Crippen LogP) is 5.15. The molecule has 27 heavy (non-hydrogen) atoms. The first-order valence-corrected chi connectivity index (χ1v) is 9.09. The summed E-state index contributed by atoms with van der Waals surface area (Å²) in [6, 6.07) is 20.9. The van der Waals surface area contributed by atoms with Gasteiger partial charge in [-0.3, -0.25) is 4.79 Å². The summed E-state index contributed by atoms with van der Waals surface area (Å²) in [6.45, 7) is 2.76. The number of benzene rings is 2. The highest BCUT2D eigenvalue weighted by Gasteiger charge is 2.08. The lowest BCUT2D eigenvalue weighted by atomic mass is 10.2. The van der Waals surface area contributed by atoms with Crippen LogP contribution in [0.2, 0.25) is 0 Å². The van der Waals surface area contributed by atoms with E-state index in [0.717, 1.165) is 30.0 Å². The Bertz CT molecular complexity index is 864. The van der Waals surface area contributed by atoms with E-state index < -0.39 is 0 Å². The number of pyridine rings is 1. The lowest BCUT2D eigenvalue weighted by Gasteiger charge is -2.13. The van der Waals surface area contributed by atoms with Crippen LogP contribution in [0.15, 0.2) is 72.9 Å². The lowest BCUT2D eigenvalue weighted by Crippen LogP contribution is -2.25. The molecule has 0 saturated carbocycles. The summed E-state index contributed by atoms with van der Waals surface area (Å²) in [6.07, 6.45) is 3.65. The second-order valence-electron chi connectivity index (χ2n) is 6.08. The Morgan fingerprint density at radius 1 is 1.00 bits per heavy atom. The first-order chi connectivity index (χ1) is 13.3. The zero-order chi connectivity index (χ0) is 18.9. The number of nitrogens with one attached hydrogen (secondary N) is 2. The normalized spacial score (nSPS) is 10.3. The predicted molar refractivity (Wildman–Crippen MR) is 108 cm³/mol. The van der Waals surface area contributed by atoms with Gasteiger partial charge in [0, 0.05) is 6.54 Å². The molecular formula is C22H23N3O2. The fourth-order valence-corrected chi connectivity index (χ4v) is 2.50. The van der Waals surface area contributed by atoms with Crippen LogP contribution >= 0.6 is 0 Å². The number of nitrogens with zero attached hydrogens (tertiary/aromatic N) is 1. The van der Waals surface area contributed by atoms with Gasteiger partial charge in [0.25, 0.3) is 5.91 Å². The van der Waals surface area contributed by atoms with E-state index in [4.69, 9.17) is 4.74 Å². The maximum absolute atomic E-state index is 12.0. The van der Waals surface area contributed by atoms with Crippen LogP contribution in [0.3, 0.4) is 0 Å². The second-order valence-corrected chi connectivity index (χ2v) is 6.08. The van der Waals surface area contributed by atoms with Crippen molar-refractivity contribution in [3.63, 3.8) is 0 Å². The van der Waals surface area contributed by atoms with Gasteiger partial charge in [0.1, 0.15) is 11.4 Å². The molecule has 2 aromatic carbocycles. The van der Waals surface area contributed by atoms with E-state index in [2.05, 4.69) is 22.5 Å². The Morgan fingerprint density at radius 3 is 2.52 bits per heavy atom. The molecule has 0 fully saturated rings. The molecule has 0 saturated heterocycles. The van der Waals surface area contributed by atoms with Crippen molar-refractivity contribution in [1.82, 2.24) is 10.3 Å². The number of anilines is 2. The average Bonchev–Trinajstić information content (AvgIpc) is 2.71. The lowest BCUT2D eigenvalue weighted by molar-refractivity contribution is 0.0948. The smallest absolute Gasteiger partial charge is 0.269 e. The summed E-state index contributed by atoms with van der Waals surface area (Å²) in [5, 5.41) is 6.16. The number of para-hydroxylation sites is 3.